The molecule has 0 fully saturated rings. The zero-order chi connectivity index (χ0) is 26.8. The Hall–Kier alpha value is -3.91. The van der Waals surface area contributed by atoms with Crippen LogP contribution < -0.4 is 10.2 Å². The molecule has 3 aromatic carbocycles. The lowest BCUT2D eigenvalue weighted by Crippen LogP contribution is -2.44. The monoisotopic (exact) mass is 528 g/mol. The number of benzene rings is 3. The number of amides is 2. The summed E-state index contributed by atoms with van der Waals surface area (Å²) < 4.78 is 15.6. The molecule has 0 spiro atoms. The number of thioether (sulfide) groups is 1. The van der Waals surface area contributed by atoms with Crippen LogP contribution in [0.15, 0.2) is 78.9 Å². The number of nitrogens with zero attached hydrogens (tertiary/aromatic N) is 3. The summed E-state index contributed by atoms with van der Waals surface area (Å²) in [7, 11) is 0. The zero-order valence-corrected chi connectivity index (χ0v) is 22.3. The van der Waals surface area contributed by atoms with E-state index < -0.39 is 0 Å². The summed E-state index contributed by atoms with van der Waals surface area (Å²) in [5.74, 6) is -0.0911. The number of rotatable bonds is 6. The smallest absolute Gasteiger partial charge is 0.240 e. The normalized spacial score (nSPS) is 15.3. The Balaban J connectivity index is 1.81. The van der Waals surface area contributed by atoms with Crippen molar-refractivity contribution >= 4 is 29.4 Å². The van der Waals surface area contributed by atoms with Crippen molar-refractivity contribution in [3.8, 4) is 16.9 Å². The highest BCUT2D eigenvalue weighted by atomic mass is 32.2. The lowest BCUT2D eigenvalue weighted by atomic mass is 9.97. The molecule has 0 saturated carbocycles. The molecule has 2 heterocycles. The van der Waals surface area contributed by atoms with E-state index in [9.17, 15) is 14.0 Å². The molecule has 6 nitrogen and oxygen atoms in total. The van der Waals surface area contributed by atoms with Gasteiger partial charge in [0.05, 0.1) is 22.4 Å². The van der Waals surface area contributed by atoms with Crippen molar-refractivity contribution < 1.29 is 14.0 Å². The topological polar surface area (TPSA) is 67.2 Å². The van der Waals surface area contributed by atoms with E-state index in [4.69, 9.17) is 5.10 Å². The zero-order valence-electron chi connectivity index (χ0n) is 21.5. The van der Waals surface area contributed by atoms with Gasteiger partial charge in [-0.15, -0.1) is 11.8 Å². The van der Waals surface area contributed by atoms with Gasteiger partial charge in [0.2, 0.25) is 11.8 Å². The Morgan fingerprint density at radius 3 is 2.42 bits per heavy atom. The van der Waals surface area contributed by atoms with Gasteiger partial charge in [0.15, 0.2) is 0 Å². The number of fused-ring (bicyclic) bond motifs is 1. The van der Waals surface area contributed by atoms with Gasteiger partial charge >= 0.3 is 0 Å². The number of hydrogen-bond acceptors (Lipinski definition) is 4. The molecule has 1 aromatic heterocycles. The molecule has 8 heteroatoms. The van der Waals surface area contributed by atoms with Crippen LogP contribution in [0.25, 0.3) is 16.9 Å². The standard InChI is InChI=1S/C30H29FN4O2S/c1-19(2)32-25(36)17-34-26(37)18-38-29(24-12-8-7-9-20(24)3)27-28(21-10-5-4-6-11-21)33-35(30(27)34)23-15-13-22(31)14-16-23/h4-16,19,29H,17-18H2,1-3H3,(H,32,36). The maximum absolute atomic E-state index is 13.9. The SMILES string of the molecule is Cc1ccccc1C1SCC(=O)N(CC(=O)NC(C)C)c2c1c(-c1ccccc1)nn2-c1ccc(F)cc1. The number of aromatic nitrogens is 2. The van der Waals surface area contributed by atoms with Crippen LogP contribution in [0.5, 0.6) is 0 Å². The average Bonchev–Trinajstić information content (AvgIpc) is 3.22. The van der Waals surface area contributed by atoms with E-state index in [1.807, 2.05) is 56.3 Å². The van der Waals surface area contributed by atoms with E-state index in [0.717, 1.165) is 27.9 Å². The predicted octanol–water partition coefficient (Wildman–Crippen LogP) is 5.68. The Morgan fingerprint density at radius 2 is 1.74 bits per heavy atom. The Labute approximate surface area is 225 Å². The fourth-order valence-corrected chi connectivity index (χ4v) is 6.02. The first-order chi connectivity index (χ1) is 18.3. The van der Waals surface area contributed by atoms with E-state index in [1.165, 1.54) is 28.8 Å². The number of nitrogens with one attached hydrogen (secondary N) is 1. The molecule has 0 bridgehead atoms. The van der Waals surface area contributed by atoms with Gasteiger partial charge in [-0.3, -0.25) is 14.5 Å². The molecule has 38 heavy (non-hydrogen) atoms. The van der Waals surface area contributed by atoms with Crippen LogP contribution in [0.4, 0.5) is 10.2 Å². The third-order valence-corrected chi connectivity index (χ3v) is 7.67. The third-order valence-electron chi connectivity index (χ3n) is 6.43. The van der Waals surface area contributed by atoms with Crippen molar-refractivity contribution in [2.75, 3.05) is 17.2 Å². The molecule has 0 aliphatic carbocycles. The Morgan fingerprint density at radius 1 is 1.05 bits per heavy atom. The quantitative estimate of drug-likeness (QED) is 0.350. The number of anilines is 1. The first-order valence-corrected chi connectivity index (χ1v) is 13.6. The van der Waals surface area contributed by atoms with Crippen molar-refractivity contribution in [3.05, 3.63) is 101 Å². The van der Waals surface area contributed by atoms with E-state index >= 15 is 0 Å². The molecule has 0 saturated heterocycles. The molecule has 1 aliphatic rings. The lowest BCUT2D eigenvalue weighted by molar-refractivity contribution is -0.123. The third kappa shape index (κ3) is 5.09. The van der Waals surface area contributed by atoms with Crippen molar-refractivity contribution in [1.29, 1.82) is 0 Å². The first kappa shape index (κ1) is 25.7. The maximum atomic E-state index is 13.9. The van der Waals surface area contributed by atoms with E-state index in [1.54, 1.807) is 16.8 Å². The minimum Gasteiger partial charge on any atom is -0.352 e. The van der Waals surface area contributed by atoms with Crippen LogP contribution in [0.2, 0.25) is 0 Å². The van der Waals surface area contributed by atoms with Gasteiger partial charge in [0.1, 0.15) is 18.2 Å². The highest BCUT2D eigenvalue weighted by molar-refractivity contribution is 8.00. The summed E-state index contributed by atoms with van der Waals surface area (Å²) in [6.45, 7) is 5.68. The lowest BCUT2D eigenvalue weighted by Gasteiger charge is -2.24. The van der Waals surface area contributed by atoms with Crippen LogP contribution in [-0.4, -0.2) is 39.9 Å². The van der Waals surface area contributed by atoms with Gasteiger partial charge in [-0.1, -0.05) is 54.6 Å². The molecule has 1 N–H and O–H groups in total. The van der Waals surface area contributed by atoms with Gasteiger partial charge in [-0.05, 0) is 56.2 Å². The van der Waals surface area contributed by atoms with Gasteiger partial charge in [-0.25, -0.2) is 9.07 Å². The highest BCUT2D eigenvalue weighted by Crippen LogP contribution is 2.49. The molecular weight excluding hydrogens is 499 g/mol. The summed E-state index contributed by atoms with van der Waals surface area (Å²) in [5.41, 5.74) is 5.24. The van der Waals surface area contributed by atoms with Gasteiger partial charge in [0, 0.05) is 17.2 Å². The number of aryl methyl sites for hydroxylation is 1. The minimum atomic E-state index is -0.368. The van der Waals surface area contributed by atoms with Crippen LogP contribution in [0, 0.1) is 12.7 Å². The average molecular weight is 529 g/mol. The van der Waals surface area contributed by atoms with Gasteiger partial charge < -0.3 is 5.32 Å². The van der Waals surface area contributed by atoms with Gasteiger partial charge in [0.25, 0.3) is 0 Å². The van der Waals surface area contributed by atoms with Crippen molar-refractivity contribution in [2.45, 2.75) is 32.1 Å². The molecule has 4 aromatic rings. The minimum absolute atomic E-state index is 0.0694. The van der Waals surface area contributed by atoms with Crippen molar-refractivity contribution in [2.24, 2.45) is 0 Å². The second-order valence-corrected chi connectivity index (χ2v) is 10.7. The summed E-state index contributed by atoms with van der Waals surface area (Å²) in [6.07, 6.45) is 0. The highest BCUT2D eigenvalue weighted by Gasteiger charge is 2.38. The molecule has 0 radical (unpaired) electrons. The molecule has 5 rings (SSSR count). The largest absolute Gasteiger partial charge is 0.352 e. The number of carbonyl (C=O) groups is 2. The van der Waals surface area contributed by atoms with E-state index in [2.05, 4.69) is 24.4 Å². The number of carbonyl (C=O) groups excluding carboxylic acids is 2. The number of halogens is 1. The fourth-order valence-electron chi connectivity index (χ4n) is 4.73. The summed E-state index contributed by atoms with van der Waals surface area (Å²) in [6, 6.07) is 23.9. The van der Waals surface area contributed by atoms with Crippen LogP contribution in [0.3, 0.4) is 0 Å². The molecule has 1 aliphatic heterocycles. The number of hydrogen-bond donors (Lipinski definition) is 1. The Bertz CT molecular complexity index is 1470. The first-order valence-electron chi connectivity index (χ1n) is 12.5. The van der Waals surface area contributed by atoms with Crippen LogP contribution in [0.1, 0.15) is 35.8 Å². The molecule has 1 unspecified atom stereocenters. The maximum Gasteiger partial charge on any atom is 0.240 e. The van der Waals surface area contributed by atoms with Crippen molar-refractivity contribution in [3.63, 3.8) is 0 Å². The fraction of sp³-hybridized carbons (Fsp3) is 0.233. The Kier molecular flexibility index (Phi) is 7.33. The van der Waals surface area contributed by atoms with Crippen molar-refractivity contribution in [1.82, 2.24) is 15.1 Å². The second kappa shape index (κ2) is 10.8. The van der Waals surface area contributed by atoms with Crippen LogP contribution >= 0.6 is 11.8 Å². The van der Waals surface area contributed by atoms with Crippen LogP contribution in [-0.2, 0) is 9.59 Å². The summed E-state index contributed by atoms with van der Waals surface area (Å²) in [4.78, 5) is 28.2. The summed E-state index contributed by atoms with van der Waals surface area (Å²) >= 11 is 1.53. The molecule has 1 atom stereocenters. The predicted molar refractivity (Wildman–Crippen MR) is 150 cm³/mol. The molecule has 194 valence electrons. The van der Waals surface area contributed by atoms with Gasteiger partial charge in [-0.2, -0.15) is 5.10 Å². The van der Waals surface area contributed by atoms with E-state index in [-0.39, 0.29) is 41.2 Å². The summed E-state index contributed by atoms with van der Waals surface area (Å²) in [5, 5.41) is 7.71. The molecular formula is C30H29FN4O2S. The molecule has 2 amide bonds. The van der Waals surface area contributed by atoms with E-state index in [0.29, 0.717) is 11.5 Å². The second-order valence-electron chi connectivity index (χ2n) is 9.59.